The predicted molar refractivity (Wildman–Crippen MR) is 107 cm³/mol. The van der Waals surface area contributed by atoms with Crippen molar-refractivity contribution in [3.05, 3.63) is 29.8 Å². The second-order valence-electron chi connectivity index (χ2n) is 7.60. The monoisotopic (exact) mass is 401 g/mol. The standard InChI is InChI=1S/C20H27N5O2S/c1-27-17-10-8-15(9-11-17)13-25-20(21-22-23-25)28-14-19(26)24-12-4-6-16-5-2-3-7-18(16)24/h8-11,16,18H,2-7,12-14H2,1H3/t16-,18-/m0/s1. The number of methoxy groups -OCH3 is 1. The molecule has 1 aliphatic heterocycles. The second-order valence-corrected chi connectivity index (χ2v) is 8.54. The number of amides is 1. The van der Waals surface area contributed by atoms with Gasteiger partial charge in [-0.3, -0.25) is 4.79 Å². The fourth-order valence-electron chi connectivity index (χ4n) is 4.45. The summed E-state index contributed by atoms with van der Waals surface area (Å²) in [5.74, 6) is 2.15. The van der Waals surface area contributed by atoms with Gasteiger partial charge in [0, 0.05) is 12.6 Å². The number of hydrogen-bond donors (Lipinski definition) is 0. The van der Waals surface area contributed by atoms with Crippen LogP contribution < -0.4 is 4.74 Å². The number of rotatable bonds is 6. The van der Waals surface area contributed by atoms with Gasteiger partial charge in [-0.15, -0.1) is 5.10 Å². The molecule has 2 aliphatic rings. The molecule has 2 aromatic rings. The van der Waals surface area contributed by atoms with Crippen LogP contribution in [0.3, 0.4) is 0 Å². The third-order valence-electron chi connectivity index (χ3n) is 5.88. The summed E-state index contributed by atoms with van der Waals surface area (Å²) in [6.45, 7) is 1.47. The van der Waals surface area contributed by atoms with Gasteiger partial charge in [0.15, 0.2) is 0 Å². The topological polar surface area (TPSA) is 73.1 Å². The molecule has 8 heteroatoms. The summed E-state index contributed by atoms with van der Waals surface area (Å²) in [4.78, 5) is 15.0. The maximum atomic E-state index is 12.9. The molecule has 0 unspecified atom stereocenters. The van der Waals surface area contributed by atoms with Crippen molar-refractivity contribution >= 4 is 17.7 Å². The van der Waals surface area contributed by atoms with Crippen molar-refractivity contribution in [2.24, 2.45) is 5.92 Å². The fraction of sp³-hybridized carbons (Fsp3) is 0.600. The normalized spacial score (nSPS) is 22.0. The van der Waals surface area contributed by atoms with Crippen molar-refractivity contribution < 1.29 is 9.53 Å². The van der Waals surface area contributed by atoms with E-state index in [0.29, 0.717) is 29.4 Å². The molecule has 1 aliphatic carbocycles. The molecule has 1 amide bonds. The summed E-state index contributed by atoms with van der Waals surface area (Å²) in [5.41, 5.74) is 1.09. The molecule has 4 rings (SSSR count). The largest absolute Gasteiger partial charge is 0.497 e. The summed E-state index contributed by atoms with van der Waals surface area (Å²) < 4.78 is 6.94. The summed E-state index contributed by atoms with van der Waals surface area (Å²) in [6.07, 6.45) is 7.42. The van der Waals surface area contributed by atoms with E-state index < -0.39 is 0 Å². The van der Waals surface area contributed by atoms with Gasteiger partial charge in [0.05, 0.1) is 19.4 Å². The number of aromatic nitrogens is 4. The van der Waals surface area contributed by atoms with E-state index >= 15 is 0 Å². The summed E-state index contributed by atoms with van der Waals surface area (Å²) in [6, 6.07) is 8.29. The zero-order chi connectivity index (χ0) is 19.3. The summed E-state index contributed by atoms with van der Waals surface area (Å²) >= 11 is 1.43. The average Bonchev–Trinajstić information content (AvgIpc) is 3.19. The van der Waals surface area contributed by atoms with E-state index in [4.69, 9.17) is 4.74 Å². The maximum absolute atomic E-state index is 12.9. The van der Waals surface area contributed by atoms with E-state index in [2.05, 4.69) is 20.4 Å². The highest BCUT2D eigenvalue weighted by Gasteiger charge is 2.35. The molecule has 0 radical (unpaired) electrons. The van der Waals surface area contributed by atoms with Crippen molar-refractivity contribution in [3.63, 3.8) is 0 Å². The first-order chi connectivity index (χ1) is 13.7. The van der Waals surface area contributed by atoms with Crippen LogP contribution in [-0.2, 0) is 11.3 Å². The first-order valence-electron chi connectivity index (χ1n) is 10.1. The molecule has 1 aromatic carbocycles. The van der Waals surface area contributed by atoms with E-state index in [-0.39, 0.29) is 5.91 Å². The molecule has 0 N–H and O–H groups in total. The molecule has 2 heterocycles. The van der Waals surface area contributed by atoms with Crippen LogP contribution in [0.2, 0.25) is 0 Å². The van der Waals surface area contributed by atoms with Gasteiger partial charge in [-0.2, -0.15) is 0 Å². The van der Waals surface area contributed by atoms with Crippen LogP contribution >= 0.6 is 11.8 Å². The van der Waals surface area contributed by atoms with Crippen molar-refractivity contribution in [2.45, 2.75) is 56.3 Å². The quantitative estimate of drug-likeness (QED) is 0.693. The van der Waals surface area contributed by atoms with E-state index in [1.54, 1.807) is 11.8 Å². The predicted octanol–water partition coefficient (Wildman–Crippen LogP) is 3.00. The maximum Gasteiger partial charge on any atom is 0.233 e. The number of ether oxygens (including phenoxy) is 1. The summed E-state index contributed by atoms with van der Waals surface area (Å²) in [5, 5.41) is 12.7. The zero-order valence-corrected chi connectivity index (χ0v) is 17.1. The molecule has 1 saturated carbocycles. The number of piperidine rings is 1. The zero-order valence-electron chi connectivity index (χ0n) is 16.3. The first kappa shape index (κ1) is 19.2. The minimum absolute atomic E-state index is 0.223. The van der Waals surface area contributed by atoms with E-state index in [1.807, 2.05) is 24.3 Å². The van der Waals surface area contributed by atoms with Crippen LogP contribution in [0, 0.1) is 5.92 Å². The minimum atomic E-state index is 0.223. The Hall–Kier alpha value is -2.09. The van der Waals surface area contributed by atoms with Gasteiger partial charge < -0.3 is 9.64 Å². The molecule has 0 bridgehead atoms. The van der Waals surface area contributed by atoms with Crippen molar-refractivity contribution in [2.75, 3.05) is 19.4 Å². The number of carbonyl (C=O) groups excluding carboxylic acids is 1. The van der Waals surface area contributed by atoms with Gasteiger partial charge in [0.25, 0.3) is 0 Å². The number of thioether (sulfide) groups is 1. The van der Waals surface area contributed by atoms with Gasteiger partial charge in [-0.1, -0.05) is 36.7 Å². The lowest BCUT2D eigenvalue weighted by atomic mass is 9.78. The Bertz CT molecular complexity index is 792. The van der Waals surface area contributed by atoms with E-state index in [9.17, 15) is 4.79 Å². The van der Waals surface area contributed by atoms with E-state index in [1.165, 1.54) is 37.4 Å². The Kier molecular flexibility index (Phi) is 6.14. The van der Waals surface area contributed by atoms with Crippen molar-refractivity contribution in [3.8, 4) is 5.75 Å². The lowest BCUT2D eigenvalue weighted by molar-refractivity contribution is -0.134. The van der Waals surface area contributed by atoms with Gasteiger partial charge in [0.2, 0.25) is 11.1 Å². The third-order valence-corrected chi connectivity index (χ3v) is 6.82. The number of nitrogens with zero attached hydrogens (tertiary/aromatic N) is 5. The molecule has 2 atom stereocenters. The minimum Gasteiger partial charge on any atom is -0.497 e. The lowest BCUT2D eigenvalue weighted by Gasteiger charge is -2.44. The van der Waals surface area contributed by atoms with Crippen molar-refractivity contribution in [1.82, 2.24) is 25.1 Å². The SMILES string of the molecule is COc1ccc(Cn2nnnc2SCC(=O)N2CCC[C@@H]3CCCC[C@@H]32)cc1. The Morgan fingerprint density at radius 1 is 1.18 bits per heavy atom. The van der Waals surface area contributed by atoms with Crippen LogP contribution in [0.25, 0.3) is 0 Å². The lowest BCUT2D eigenvalue weighted by Crippen LogP contribution is -2.50. The summed E-state index contributed by atoms with van der Waals surface area (Å²) in [7, 11) is 1.65. The van der Waals surface area contributed by atoms with Gasteiger partial charge in [0.1, 0.15) is 5.75 Å². The Morgan fingerprint density at radius 2 is 1.96 bits per heavy atom. The molecular formula is C20H27N5O2S. The smallest absolute Gasteiger partial charge is 0.233 e. The highest BCUT2D eigenvalue weighted by molar-refractivity contribution is 7.99. The number of tetrazole rings is 1. The number of benzene rings is 1. The highest BCUT2D eigenvalue weighted by atomic mass is 32.2. The molecule has 1 saturated heterocycles. The van der Waals surface area contributed by atoms with Crippen LogP contribution in [0.1, 0.15) is 44.1 Å². The Morgan fingerprint density at radius 3 is 2.79 bits per heavy atom. The van der Waals surface area contributed by atoms with Crippen molar-refractivity contribution in [1.29, 1.82) is 0 Å². The third kappa shape index (κ3) is 4.32. The molecule has 7 nitrogen and oxygen atoms in total. The van der Waals surface area contributed by atoms with Gasteiger partial charge >= 0.3 is 0 Å². The van der Waals surface area contributed by atoms with Crippen LogP contribution in [-0.4, -0.2) is 56.5 Å². The van der Waals surface area contributed by atoms with Crippen LogP contribution in [0.4, 0.5) is 0 Å². The number of hydrogen-bond acceptors (Lipinski definition) is 6. The van der Waals surface area contributed by atoms with E-state index in [0.717, 1.165) is 30.7 Å². The number of likely N-dealkylation sites (tertiary alicyclic amines) is 1. The molecule has 28 heavy (non-hydrogen) atoms. The van der Waals surface area contributed by atoms with Crippen LogP contribution in [0.15, 0.2) is 29.4 Å². The molecule has 1 aromatic heterocycles. The second kappa shape index (κ2) is 8.94. The number of fused-ring (bicyclic) bond motifs is 1. The molecule has 0 spiro atoms. The average molecular weight is 402 g/mol. The molecule has 2 fully saturated rings. The number of carbonyl (C=O) groups is 1. The van der Waals surface area contributed by atoms with Gasteiger partial charge in [-0.05, 0) is 59.7 Å². The van der Waals surface area contributed by atoms with Gasteiger partial charge in [-0.25, -0.2) is 4.68 Å². The highest BCUT2D eigenvalue weighted by Crippen LogP contribution is 2.35. The molecular weight excluding hydrogens is 374 g/mol. The Balaban J connectivity index is 1.36. The Labute approximate surface area is 169 Å². The molecule has 150 valence electrons. The first-order valence-corrected chi connectivity index (χ1v) is 11.0. The fourth-order valence-corrected chi connectivity index (χ4v) is 5.21. The van der Waals surface area contributed by atoms with Crippen LogP contribution in [0.5, 0.6) is 5.75 Å².